The molecule has 1 aromatic heterocycles. The molecule has 0 bridgehead atoms. The van der Waals surface area contributed by atoms with E-state index < -0.39 is 16.1 Å². The fourth-order valence-corrected chi connectivity index (χ4v) is 5.27. The minimum Gasteiger partial charge on any atom is -0.453 e. The summed E-state index contributed by atoms with van der Waals surface area (Å²) in [6, 6.07) is 7.52. The molecule has 2 heterocycles. The van der Waals surface area contributed by atoms with E-state index in [-0.39, 0.29) is 12.3 Å². The lowest BCUT2D eigenvalue weighted by Crippen LogP contribution is -2.36. The smallest absolute Gasteiger partial charge is 0.413 e. The number of hydrogen-bond donors (Lipinski definition) is 1. The van der Waals surface area contributed by atoms with Crippen molar-refractivity contribution in [2.24, 2.45) is 0 Å². The van der Waals surface area contributed by atoms with E-state index in [0.717, 1.165) is 21.7 Å². The van der Waals surface area contributed by atoms with Crippen molar-refractivity contribution >= 4 is 32.6 Å². The standard InChI is InChI=1S/C16H19N3O4S2/c1-11-4-3-5-12(8-11)10-25(21,22)19-7-6-13-14(9-19)24-15(17-13)18-16(20)23-2/h3-5,8H,6-7,9-10H2,1-2H3,(H,17,18,20). The first-order valence-electron chi connectivity index (χ1n) is 7.74. The van der Waals surface area contributed by atoms with Crippen LogP contribution in [0.25, 0.3) is 0 Å². The third-order valence-corrected chi connectivity index (χ3v) is 6.71. The first-order chi connectivity index (χ1) is 11.9. The highest BCUT2D eigenvalue weighted by Gasteiger charge is 2.29. The Bertz CT molecular complexity index is 893. The van der Waals surface area contributed by atoms with Crippen molar-refractivity contribution < 1.29 is 17.9 Å². The average molecular weight is 381 g/mol. The summed E-state index contributed by atoms with van der Waals surface area (Å²) >= 11 is 1.28. The summed E-state index contributed by atoms with van der Waals surface area (Å²) in [7, 11) is -2.13. The van der Waals surface area contributed by atoms with Crippen LogP contribution in [0.5, 0.6) is 0 Å². The first-order valence-corrected chi connectivity index (χ1v) is 10.2. The van der Waals surface area contributed by atoms with Crippen LogP contribution in [0.3, 0.4) is 0 Å². The van der Waals surface area contributed by atoms with Gasteiger partial charge in [0.15, 0.2) is 5.13 Å². The molecule has 9 heteroatoms. The molecular weight excluding hydrogens is 362 g/mol. The lowest BCUT2D eigenvalue weighted by molar-refractivity contribution is 0.187. The van der Waals surface area contributed by atoms with Crippen LogP contribution in [-0.2, 0) is 33.5 Å². The number of hydrogen-bond acceptors (Lipinski definition) is 6. The van der Waals surface area contributed by atoms with Gasteiger partial charge in [-0.3, -0.25) is 5.32 Å². The molecule has 2 aromatic rings. The molecule has 1 aromatic carbocycles. The molecule has 134 valence electrons. The fraction of sp³-hybridized carbons (Fsp3) is 0.375. The van der Waals surface area contributed by atoms with Crippen LogP contribution in [0, 0.1) is 6.92 Å². The van der Waals surface area contributed by atoms with Crippen molar-refractivity contribution in [3.8, 4) is 0 Å². The number of aryl methyl sites for hydroxylation is 1. The Morgan fingerprint density at radius 1 is 1.44 bits per heavy atom. The number of aromatic nitrogens is 1. The van der Waals surface area contributed by atoms with Gasteiger partial charge in [-0.05, 0) is 12.5 Å². The number of benzene rings is 1. The zero-order valence-electron chi connectivity index (χ0n) is 14.0. The van der Waals surface area contributed by atoms with Gasteiger partial charge in [-0.1, -0.05) is 41.2 Å². The molecule has 3 rings (SSSR count). The van der Waals surface area contributed by atoms with E-state index in [2.05, 4.69) is 15.0 Å². The van der Waals surface area contributed by atoms with Gasteiger partial charge in [0.1, 0.15) is 0 Å². The number of methoxy groups -OCH3 is 1. The van der Waals surface area contributed by atoms with E-state index >= 15 is 0 Å². The number of carbonyl (C=O) groups excluding carboxylic acids is 1. The van der Waals surface area contributed by atoms with Gasteiger partial charge in [0.2, 0.25) is 10.0 Å². The van der Waals surface area contributed by atoms with Crippen molar-refractivity contribution in [1.82, 2.24) is 9.29 Å². The second kappa shape index (κ2) is 7.11. The molecule has 0 atom stereocenters. The van der Waals surface area contributed by atoms with Crippen LogP contribution in [0.15, 0.2) is 24.3 Å². The molecule has 25 heavy (non-hydrogen) atoms. The minimum atomic E-state index is -3.41. The summed E-state index contributed by atoms with van der Waals surface area (Å²) in [5.74, 6) is -0.0178. The monoisotopic (exact) mass is 381 g/mol. The Hall–Kier alpha value is -1.97. The van der Waals surface area contributed by atoms with Crippen LogP contribution < -0.4 is 5.32 Å². The lowest BCUT2D eigenvalue weighted by atomic mass is 10.2. The molecule has 0 unspecified atom stereocenters. The largest absolute Gasteiger partial charge is 0.453 e. The number of thiazole rings is 1. The Kier molecular flexibility index (Phi) is 5.07. The SMILES string of the molecule is COC(=O)Nc1nc2c(s1)CN(S(=O)(=O)Cc1cccc(C)c1)CC2. The number of amides is 1. The summed E-state index contributed by atoms with van der Waals surface area (Å²) < 4.78 is 31.5. The second-order valence-corrected chi connectivity index (χ2v) is 8.89. The van der Waals surface area contributed by atoms with Gasteiger partial charge in [0.25, 0.3) is 0 Å². The summed E-state index contributed by atoms with van der Waals surface area (Å²) in [6.45, 7) is 2.61. The van der Waals surface area contributed by atoms with E-state index in [1.807, 2.05) is 31.2 Å². The minimum absolute atomic E-state index is 0.0178. The number of fused-ring (bicyclic) bond motifs is 1. The zero-order chi connectivity index (χ0) is 18.0. The number of anilines is 1. The number of nitrogens with zero attached hydrogens (tertiary/aromatic N) is 2. The highest BCUT2D eigenvalue weighted by atomic mass is 32.2. The van der Waals surface area contributed by atoms with E-state index in [9.17, 15) is 13.2 Å². The van der Waals surface area contributed by atoms with Crippen LogP contribution in [-0.4, -0.2) is 37.5 Å². The van der Waals surface area contributed by atoms with Crippen molar-refractivity contribution in [2.45, 2.75) is 25.6 Å². The summed E-state index contributed by atoms with van der Waals surface area (Å²) in [5, 5.41) is 2.95. The van der Waals surface area contributed by atoms with Crippen molar-refractivity contribution in [3.05, 3.63) is 46.0 Å². The molecule has 0 saturated heterocycles. The Balaban J connectivity index is 1.74. The number of ether oxygens (including phenoxy) is 1. The van der Waals surface area contributed by atoms with Crippen LogP contribution >= 0.6 is 11.3 Å². The van der Waals surface area contributed by atoms with Crippen molar-refractivity contribution in [3.63, 3.8) is 0 Å². The van der Waals surface area contributed by atoms with Gasteiger partial charge < -0.3 is 4.74 Å². The zero-order valence-corrected chi connectivity index (χ0v) is 15.6. The predicted molar refractivity (Wildman–Crippen MR) is 96.1 cm³/mol. The van der Waals surface area contributed by atoms with Crippen LogP contribution in [0.2, 0.25) is 0 Å². The van der Waals surface area contributed by atoms with E-state index in [1.54, 1.807) is 0 Å². The quantitative estimate of drug-likeness (QED) is 0.879. The first kappa shape index (κ1) is 17.8. The Labute approximate surface area is 150 Å². The molecule has 0 radical (unpaired) electrons. The van der Waals surface area contributed by atoms with Gasteiger partial charge in [-0.25, -0.2) is 18.2 Å². The second-order valence-electron chi connectivity index (χ2n) is 5.83. The van der Waals surface area contributed by atoms with Crippen molar-refractivity contribution in [1.29, 1.82) is 0 Å². The van der Waals surface area contributed by atoms with Gasteiger partial charge in [0, 0.05) is 24.4 Å². The average Bonchev–Trinajstić information content (AvgIpc) is 2.95. The van der Waals surface area contributed by atoms with Crippen molar-refractivity contribution in [2.75, 3.05) is 19.0 Å². The normalized spacial score (nSPS) is 14.8. The van der Waals surface area contributed by atoms with Gasteiger partial charge in [-0.15, -0.1) is 0 Å². The molecule has 0 saturated carbocycles. The van der Waals surface area contributed by atoms with E-state index in [0.29, 0.717) is 18.1 Å². The molecule has 7 nitrogen and oxygen atoms in total. The number of carbonyl (C=O) groups is 1. The number of sulfonamides is 1. The molecule has 1 N–H and O–H groups in total. The Morgan fingerprint density at radius 2 is 2.24 bits per heavy atom. The molecule has 1 aliphatic rings. The molecule has 0 aliphatic carbocycles. The highest BCUT2D eigenvalue weighted by molar-refractivity contribution is 7.88. The van der Waals surface area contributed by atoms with Gasteiger partial charge in [-0.2, -0.15) is 4.31 Å². The number of rotatable bonds is 4. The van der Waals surface area contributed by atoms with Gasteiger partial charge in [0.05, 0.1) is 18.6 Å². The third kappa shape index (κ3) is 4.17. The Morgan fingerprint density at radius 3 is 2.96 bits per heavy atom. The molecule has 0 spiro atoms. The molecule has 1 aliphatic heterocycles. The summed E-state index contributed by atoms with van der Waals surface area (Å²) in [4.78, 5) is 16.5. The third-order valence-electron chi connectivity index (χ3n) is 3.92. The van der Waals surface area contributed by atoms with Crippen LogP contribution in [0.1, 0.15) is 21.7 Å². The maximum atomic E-state index is 12.7. The topological polar surface area (TPSA) is 88.6 Å². The molecular formula is C16H19N3O4S2. The number of nitrogens with one attached hydrogen (secondary N) is 1. The maximum Gasteiger partial charge on any atom is 0.413 e. The van der Waals surface area contributed by atoms with Crippen LogP contribution in [0.4, 0.5) is 9.93 Å². The lowest BCUT2D eigenvalue weighted by Gasteiger charge is -2.25. The van der Waals surface area contributed by atoms with E-state index in [4.69, 9.17) is 0 Å². The highest BCUT2D eigenvalue weighted by Crippen LogP contribution is 2.30. The van der Waals surface area contributed by atoms with E-state index in [1.165, 1.54) is 22.8 Å². The summed E-state index contributed by atoms with van der Waals surface area (Å²) in [6.07, 6.45) is -0.0584. The molecule has 1 amide bonds. The maximum absolute atomic E-state index is 12.7. The predicted octanol–water partition coefficient (Wildman–Crippen LogP) is 2.52. The fourth-order valence-electron chi connectivity index (χ4n) is 2.71. The molecule has 0 fully saturated rings. The summed E-state index contributed by atoms with van der Waals surface area (Å²) in [5.41, 5.74) is 2.65. The van der Waals surface area contributed by atoms with Gasteiger partial charge >= 0.3 is 6.09 Å².